The lowest BCUT2D eigenvalue weighted by atomic mass is 10.1. The van der Waals surface area contributed by atoms with Crippen LogP contribution in [0.5, 0.6) is 0 Å². The summed E-state index contributed by atoms with van der Waals surface area (Å²) in [5.41, 5.74) is 5.38. The summed E-state index contributed by atoms with van der Waals surface area (Å²) in [4.78, 5) is 0. The molecule has 1 aromatic carbocycles. The maximum absolute atomic E-state index is 13.5. The topological polar surface area (TPSA) is 58.3 Å². The van der Waals surface area contributed by atoms with Crippen molar-refractivity contribution in [2.24, 2.45) is 0 Å². The van der Waals surface area contributed by atoms with Crippen molar-refractivity contribution < 1.29 is 9.50 Å². The van der Waals surface area contributed by atoms with Gasteiger partial charge in [-0.3, -0.25) is 0 Å². The molecule has 0 aliphatic rings. The molecule has 1 aromatic rings. The molecule has 0 aliphatic carbocycles. The largest absolute Gasteiger partial charge is 0.397 e. The van der Waals surface area contributed by atoms with E-state index in [1.54, 1.807) is 13.8 Å². The number of hydrogen-bond acceptors (Lipinski definition) is 3. The van der Waals surface area contributed by atoms with Gasteiger partial charge in [0.1, 0.15) is 5.02 Å². The van der Waals surface area contributed by atoms with Crippen LogP contribution in [0.2, 0.25) is 5.02 Å². The van der Waals surface area contributed by atoms with Crippen molar-refractivity contribution in [1.29, 1.82) is 0 Å². The Balaban J connectivity index is 3.01. The highest BCUT2D eigenvalue weighted by molar-refractivity contribution is 9.10. The van der Waals surface area contributed by atoms with E-state index in [0.29, 0.717) is 11.4 Å². The minimum Gasteiger partial charge on any atom is -0.397 e. The first-order valence-electron chi connectivity index (χ1n) is 4.61. The number of hydrogen-bond donors (Lipinski definition) is 3. The quantitative estimate of drug-likeness (QED) is 0.594. The van der Waals surface area contributed by atoms with Crippen molar-refractivity contribution in [3.05, 3.63) is 21.4 Å². The average Bonchev–Trinajstić information content (AvgIpc) is 2.12. The Kier molecular flexibility index (Phi) is 4.04. The first-order valence-corrected chi connectivity index (χ1v) is 5.78. The number of halogens is 3. The van der Waals surface area contributed by atoms with Crippen molar-refractivity contribution in [3.63, 3.8) is 0 Å². The molecule has 6 heteroatoms. The first-order chi connectivity index (χ1) is 7.22. The summed E-state index contributed by atoms with van der Waals surface area (Å²) in [6, 6.07) is 1.42. The molecule has 90 valence electrons. The molecule has 0 saturated heterocycles. The Hall–Kier alpha value is -0.520. The molecule has 0 spiro atoms. The lowest BCUT2D eigenvalue weighted by molar-refractivity contribution is 0.0945. The number of nitrogen functional groups attached to an aromatic ring is 1. The number of benzene rings is 1. The smallest absolute Gasteiger partial charge is 0.158 e. The third kappa shape index (κ3) is 3.23. The molecular formula is C10H13BrClFN2O. The van der Waals surface area contributed by atoms with E-state index < -0.39 is 11.4 Å². The van der Waals surface area contributed by atoms with Gasteiger partial charge in [0, 0.05) is 6.54 Å². The Bertz CT molecular complexity index is 407. The molecule has 0 saturated carbocycles. The van der Waals surface area contributed by atoms with E-state index >= 15 is 0 Å². The number of nitrogens with one attached hydrogen (secondary N) is 1. The lowest BCUT2D eigenvalue weighted by Crippen LogP contribution is -2.29. The molecule has 0 unspecified atom stereocenters. The molecule has 0 bridgehead atoms. The molecule has 0 atom stereocenters. The molecule has 0 amide bonds. The van der Waals surface area contributed by atoms with E-state index in [1.165, 1.54) is 6.07 Å². The van der Waals surface area contributed by atoms with Gasteiger partial charge in [0.05, 0.1) is 21.4 Å². The monoisotopic (exact) mass is 310 g/mol. The zero-order valence-corrected chi connectivity index (χ0v) is 11.3. The van der Waals surface area contributed by atoms with Crippen molar-refractivity contribution >= 4 is 38.9 Å². The molecule has 16 heavy (non-hydrogen) atoms. The van der Waals surface area contributed by atoms with Gasteiger partial charge in [-0.2, -0.15) is 0 Å². The van der Waals surface area contributed by atoms with E-state index in [1.807, 2.05) is 0 Å². The maximum Gasteiger partial charge on any atom is 0.158 e. The van der Waals surface area contributed by atoms with Crippen molar-refractivity contribution in [2.45, 2.75) is 19.4 Å². The number of anilines is 2. The molecule has 0 aromatic heterocycles. The fourth-order valence-electron chi connectivity index (χ4n) is 1.10. The first kappa shape index (κ1) is 13.5. The van der Waals surface area contributed by atoms with Gasteiger partial charge in [0.25, 0.3) is 0 Å². The van der Waals surface area contributed by atoms with Crippen LogP contribution >= 0.6 is 27.5 Å². The number of nitrogens with two attached hydrogens (primary N) is 1. The second-order valence-electron chi connectivity index (χ2n) is 4.12. The predicted octanol–water partition coefficient (Wildman–Crippen LogP) is 3.01. The zero-order chi connectivity index (χ0) is 12.5. The van der Waals surface area contributed by atoms with Gasteiger partial charge in [0.2, 0.25) is 0 Å². The minimum atomic E-state index is -0.931. The van der Waals surface area contributed by atoms with Gasteiger partial charge in [-0.15, -0.1) is 0 Å². The van der Waals surface area contributed by atoms with E-state index in [-0.39, 0.29) is 16.0 Å². The van der Waals surface area contributed by atoms with E-state index in [9.17, 15) is 9.50 Å². The lowest BCUT2D eigenvalue weighted by Gasteiger charge is -2.20. The van der Waals surface area contributed by atoms with E-state index in [4.69, 9.17) is 17.3 Å². The molecule has 3 nitrogen and oxygen atoms in total. The Labute approximate surface area is 107 Å². The highest BCUT2D eigenvalue weighted by Crippen LogP contribution is 2.35. The summed E-state index contributed by atoms with van der Waals surface area (Å²) in [7, 11) is 0. The molecule has 0 fully saturated rings. The predicted molar refractivity (Wildman–Crippen MR) is 68.3 cm³/mol. The summed E-state index contributed by atoms with van der Waals surface area (Å²) in [5.74, 6) is -0.575. The summed E-state index contributed by atoms with van der Waals surface area (Å²) < 4.78 is 13.7. The molecule has 0 aliphatic heterocycles. The van der Waals surface area contributed by atoms with Gasteiger partial charge in [-0.25, -0.2) is 4.39 Å². The Morgan fingerprint density at radius 2 is 2.19 bits per heavy atom. The molecule has 0 heterocycles. The van der Waals surface area contributed by atoms with Gasteiger partial charge in [0.15, 0.2) is 5.82 Å². The fraction of sp³-hybridized carbons (Fsp3) is 0.400. The van der Waals surface area contributed by atoms with Crippen LogP contribution in [0.1, 0.15) is 13.8 Å². The minimum absolute atomic E-state index is 0.0869. The van der Waals surface area contributed by atoms with Crippen LogP contribution in [0, 0.1) is 5.82 Å². The summed E-state index contributed by atoms with van der Waals surface area (Å²) in [5, 5.41) is 12.3. The van der Waals surface area contributed by atoms with Crippen molar-refractivity contribution in [1.82, 2.24) is 0 Å². The normalized spacial score (nSPS) is 11.6. The van der Waals surface area contributed by atoms with Crippen LogP contribution in [0.4, 0.5) is 15.8 Å². The second-order valence-corrected chi connectivity index (χ2v) is 5.35. The van der Waals surface area contributed by atoms with Crippen LogP contribution < -0.4 is 11.1 Å². The average molecular weight is 312 g/mol. The zero-order valence-electron chi connectivity index (χ0n) is 8.94. The second kappa shape index (κ2) is 4.77. The third-order valence-electron chi connectivity index (χ3n) is 1.89. The molecule has 4 N–H and O–H groups in total. The Morgan fingerprint density at radius 1 is 1.62 bits per heavy atom. The molecular weight excluding hydrogens is 298 g/mol. The van der Waals surface area contributed by atoms with Crippen LogP contribution in [0.25, 0.3) is 0 Å². The van der Waals surface area contributed by atoms with Crippen LogP contribution in [-0.2, 0) is 0 Å². The highest BCUT2D eigenvalue weighted by atomic mass is 79.9. The summed E-state index contributed by atoms with van der Waals surface area (Å²) in [6.07, 6.45) is 0. The Morgan fingerprint density at radius 3 is 2.69 bits per heavy atom. The summed E-state index contributed by atoms with van der Waals surface area (Å²) in [6.45, 7) is 3.47. The van der Waals surface area contributed by atoms with Gasteiger partial charge < -0.3 is 16.2 Å². The van der Waals surface area contributed by atoms with Crippen molar-refractivity contribution in [3.8, 4) is 0 Å². The SMILES string of the molecule is CC(C)(O)CNc1c(N)cc(Br)c(F)c1Cl. The number of aliphatic hydroxyl groups is 1. The van der Waals surface area contributed by atoms with Crippen molar-refractivity contribution in [2.75, 3.05) is 17.6 Å². The van der Waals surface area contributed by atoms with E-state index in [2.05, 4.69) is 21.2 Å². The van der Waals surface area contributed by atoms with Gasteiger partial charge >= 0.3 is 0 Å². The highest BCUT2D eigenvalue weighted by Gasteiger charge is 2.17. The maximum atomic E-state index is 13.5. The van der Waals surface area contributed by atoms with Gasteiger partial charge in [-0.05, 0) is 35.8 Å². The van der Waals surface area contributed by atoms with Crippen LogP contribution in [-0.4, -0.2) is 17.3 Å². The molecule has 1 rings (SSSR count). The van der Waals surface area contributed by atoms with E-state index in [0.717, 1.165) is 0 Å². The summed E-state index contributed by atoms with van der Waals surface area (Å²) >= 11 is 8.81. The third-order valence-corrected chi connectivity index (χ3v) is 2.82. The van der Waals surface area contributed by atoms with Gasteiger partial charge in [-0.1, -0.05) is 11.6 Å². The molecule has 0 radical (unpaired) electrons. The fourth-order valence-corrected chi connectivity index (χ4v) is 1.93. The van der Waals surface area contributed by atoms with Crippen LogP contribution in [0.3, 0.4) is 0 Å². The van der Waals surface area contributed by atoms with Crippen LogP contribution in [0.15, 0.2) is 10.5 Å². The standard InChI is InChI=1S/C10H13BrClFN2O/c1-10(2,16)4-15-9-6(14)3-5(11)8(13)7(9)12/h3,15-16H,4,14H2,1-2H3. The number of rotatable bonds is 3.